The van der Waals surface area contributed by atoms with Gasteiger partial charge in [0.1, 0.15) is 0 Å². The molecular weight excluding hydrogens is 162 g/mol. The van der Waals surface area contributed by atoms with E-state index in [0.29, 0.717) is 0 Å². The van der Waals surface area contributed by atoms with Crippen LogP contribution in [0.4, 0.5) is 5.69 Å². The van der Waals surface area contributed by atoms with Gasteiger partial charge in [-0.05, 0) is 12.1 Å². The number of carbonyl (C=O) groups is 1. The number of carboxylic acid groups (broad SMARTS) is 1. The number of aromatic hydroxyl groups is 2. The lowest BCUT2D eigenvalue weighted by Crippen LogP contribution is -1.97. The standard InChI is InChI=1S/C7H7NO4/c8-4-1-3(7(11)12)2-5(9)6(4)10/h1-2,9-10H,8H2,(H,11,12). The first-order chi connectivity index (χ1) is 5.52. The Bertz CT molecular complexity index is 311. The van der Waals surface area contributed by atoms with Crippen LogP contribution in [0.5, 0.6) is 11.5 Å². The number of nitrogens with two attached hydrogens (primary N) is 1. The second kappa shape index (κ2) is 2.61. The van der Waals surface area contributed by atoms with Gasteiger partial charge < -0.3 is 21.1 Å². The van der Waals surface area contributed by atoms with E-state index in [2.05, 4.69) is 0 Å². The summed E-state index contributed by atoms with van der Waals surface area (Å²) in [4.78, 5) is 10.4. The zero-order valence-corrected chi connectivity index (χ0v) is 5.98. The third kappa shape index (κ3) is 1.24. The minimum Gasteiger partial charge on any atom is -0.504 e. The number of hydrogen-bond donors (Lipinski definition) is 4. The highest BCUT2D eigenvalue weighted by Crippen LogP contribution is 2.32. The molecular formula is C7H7NO4. The van der Waals surface area contributed by atoms with E-state index >= 15 is 0 Å². The number of nitrogen functional groups attached to an aromatic ring is 1. The van der Waals surface area contributed by atoms with Crippen molar-refractivity contribution in [3.05, 3.63) is 17.7 Å². The van der Waals surface area contributed by atoms with Gasteiger partial charge in [0.25, 0.3) is 0 Å². The topological polar surface area (TPSA) is 104 Å². The number of rotatable bonds is 1. The fraction of sp³-hybridized carbons (Fsp3) is 0. The maximum atomic E-state index is 10.4. The smallest absolute Gasteiger partial charge is 0.335 e. The van der Waals surface area contributed by atoms with Gasteiger partial charge >= 0.3 is 5.97 Å². The van der Waals surface area contributed by atoms with Crippen LogP contribution in [0, 0.1) is 0 Å². The minimum atomic E-state index is -1.21. The lowest BCUT2D eigenvalue weighted by molar-refractivity contribution is 0.0696. The average molecular weight is 169 g/mol. The van der Waals surface area contributed by atoms with Crippen molar-refractivity contribution < 1.29 is 20.1 Å². The summed E-state index contributed by atoms with van der Waals surface area (Å²) in [6, 6.07) is 1.99. The fourth-order valence-electron chi connectivity index (χ4n) is 0.765. The number of phenolic OH excluding ortho intramolecular Hbond substituents is 2. The number of aromatic carboxylic acids is 1. The van der Waals surface area contributed by atoms with Crippen LogP contribution in [0.1, 0.15) is 10.4 Å². The molecule has 0 spiro atoms. The molecule has 12 heavy (non-hydrogen) atoms. The van der Waals surface area contributed by atoms with Crippen molar-refractivity contribution in [1.29, 1.82) is 0 Å². The summed E-state index contributed by atoms with van der Waals surface area (Å²) in [5.41, 5.74) is 4.86. The first-order valence-corrected chi connectivity index (χ1v) is 3.07. The molecule has 0 aliphatic carbocycles. The molecule has 0 radical (unpaired) electrons. The van der Waals surface area contributed by atoms with Gasteiger partial charge in [0, 0.05) is 0 Å². The van der Waals surface area contributed by atoms with E-state index in [9.17, 15) is 4.79 Å². The lowest BCUT2D eigenvalue weighted by atomic mass is 10.2. The molecule has 1 aromatic carbocycles. The zero-order valence-electron chi connectivity index (χ0n) is 5.98. The Balaban J connectivity index is 3.31. The summed E-state index contributed by atoms with van der Waals surface area (Å²) in [6.45, 7) is 0. The lowest BCUT2D eigenvalue weighted by Gasteiger charge is -2.02. The number of benzene rings is 1. The summed E-state index contributed by atoms with van der Waals surface area (Å²) in [5.74, 6) is -2.25. The summed E-state index contributed by atoms with van der Waals surface area (Å²) in [6.07, 6.45) is 0. The molecule has 0 saturated heterocycles. The van der Waals surface area contributed by atoms with Crippen LogP contribution < -0.4 is 5.73 Å². The van der Waals surface area contributed by atoms with E-state index in [-0.39, 0.29) is 11.3 Å². The average Bonchev–Trinajstić information content (AvgIpc) is 1.99. The van der Waals surface area contributed by atoms with Crippen molar-refractivity contribution in [2.24, 2.45) is 0 Å². The predicted molar refractivity (Wildman–Crippen MR) is 41.1 cm³/mol. The number of phenols is 2. The highest BCUT2D eigenvalue weighted by Gasteiger charge is 2.10. The van der Waals surface area contributed by atoms with E-state index < -0.39 is 17.5 Å². The molecule has 1 aromatic rings. The maximum Gasteiger partial charge on any atom is 0.335 e. The minimum absolute atomic E-state index is 0.160. The third-order valence-electron chi connectivity index (χ3n) is 1.37. The summed E-state index contributed by atoms with van der Waals surface area (Å²) >= 11 is 0. The van der Waals surface area contributed by atoms with Crippen LogP contribution in [0.3, 0.4) is 0 Å². The van der Waals surface area contributed by atoms with Gasteiger partial charge in [-0.15, -0.1) is 0 Å². The van der Waals surface area contributed by atoms with Gasteiger partial charge in [-0.3, -0.25) is 0 Å². The highest BCUT2D eigenvalue weighted by atomic mass is 16.4. The van der Waals surface area contributed by atoms with Gasteiger partial charge in [-0.2, -0.15) is 0 Å². The van der Waals surface area contributed by atoms with Crippen molar-refractivity contribution in [3.63, 3.8) is 0 Å². The third-order valence-corrected chi connectivity index (χ3v) is 1.37. The summed E-state index contributed by atoms with van der Waals surface area (Å²) in [5, 5.41) is 26.4. The number of carboxylic acids is 1. The van der Waals surface area contributed by atoms with Crippen molar-refractivity contribution >= 4 is 11.7 Å². The SMILES string of the molecule is Nc1cc(C(=O)O)cc(O)c1O. The molecule has 5 heteroatoms. The molecule has 0 fully saturated rings. The van der Waals surface area contributed by atoms with Gasteiger partial charge in [0.2, 0.25) is 0 Å². The molecule has 0 bridgehead atoms. The number of anilines is 1. The maximum absolute atomic E-state index is 10.4. The monoisotopic (exact) mass is 169 g/mol. The van der Waals surface area contributed by atoms with Crippen LogP contribution in [-0.2, 0) is 0 Å². The number of hydrogen-bond acceptors (Lipinski definition) is 4. The van der Waals surface area contributed by atoms with Crippen molar-refractivity contribution in [2.45, 2.75) is 0 Å². The largest absolute Gasteiger partial charge is 0.504 e. The van der Waals surface area contributed by atoms with E-state index in [4.69, 9.17) is 21.1 Å². The van der Waals surface area contributed by atoms with Crippen molar-refractivity contribution in [1.82, 2.24) is 0 Å². The first-order valence-electron chi connectivity index (χ1n) is 3.07. The van der Waals surface area contributed by atoms with E-state index in [1.807, 2.05) is 0 Å². The fourth-order valence-corrected chi connectivity index (χ4v) is 0.765. The van der Waals surface area contributed by atoms with Gasteiger partial charge in [0.05, 0.1) is 11.3 Å². The second-order valence-corrected chi connectivity index (χ2v) is 2.24. The van der Waals surface area contributed by atoms with Gasteiger partial charge in [-0.1, -0.05) is 0 Å². The molecule has 0 saturated carbocycles. The van der Waals surface area contributed by atoms with Crippen LogP contribution in [0.15, 0.2) is 12.1 Å². The Morgan fingerprint density at radius 3 is 2.33 bits per heavy atom. The molecule has 0 amide bonds. The normalized spacial score (nSPS) is 9.67. The first kappa shape index (κ1) is 8.19. The highest BCUT2D eigenvalue weighted by molar-refractivity contribution is 5.90. The Morgan fingerprint density at radius 2 is 1.92 bits per heavy atom. The van der Waals surface area contributed by atoms with E-state index in [0.717, 1.165) is 12.1 Å². The van der Waals surface area contributed by atoms with Gasteiger partial charge in [0.15, 0.2) is 11.5 Å². The van der Waals surface area contributed by atoms with Gasteiger partial charge in [-0.25, -0.2) is 4.79 Å². The molecule has 64 valence electrons. The predicted octanol–water partition coefficient (Wildman–Crippen LogP) is 0.378. The molecule has 0 aliphatic heterocycles. The van der Waals surface area contributed by atoms with Crippen LogP contribution >= 0.6 is 0 Å². The van der Waals surface area contributed by atoms with Crippen LogP contribution in [0.25, 0.3) is 0 Å². The molecule has 1 rings (SSSR count). The molecule has 0 unspecified atom stereocenters. The van der Waals surface area contributed by atoms with E-state index in [1.54, 1.807) is 0 Å². The Hall–Kier alpha value is -1.91. The molecule has 0 aliphatic rings. The zero-order chi connectivity index (χ0) is 9.30. The van der Waals surface area contributed by atoms with Crippen LogP contribution in [0.2, 0.25) is 0 Å². The molecule has 0 aromatic heterocycles. The van der Waals surface area contributed by atoms with Crippen molar-refractivity contribution in [3.8, 4) is 11.5 Å². The Labute approximate surface area is 67.7 Å². The second-order valence-electron chi connectivity index (χ2n) is 2.24. The molecule has 0 heterocycles. The Kier molecular flexibility index (Phi) is 1.78. The van der Waals surface area contributed by atoms with Crippen molar-refractivity contribution in [2.75, 3.05) is 5.73 Å². The summed E-state index contributed by atoms with van der Waals surface area (Å²) < 4.78 is 0. The van der Waals surface area contributed by atoms with Crippen LogP contribution in [-0.4, -0.2) is 21.3 Å². The quantitative estimate of drug-likeness (QED) is 0.359. The molecule has 5 nitrogen and oxygen atoms in total. The summed E-state index contributed by atoms with van der Waals surface area (Å²) in [7, 11) is 0. The molecule has 0 atom stereocenters. The Morgan fingerprint density at radius 1 is 1.33 bits per heavy atom. The van der Waals surface area contributed by atoms with E-state index in [1.165, 1.54) is 0 Å². The molecule has 5 N–H and O–H groups in total.